The Labute approximate surface area is 114 Å². The van der Waals surface area contributed by atoms with Crippen LogP contribution in [0.4, 0.5) is 4.39 Å². The van der Waals surface area contributed by atoms with Crippen molar-refractivity contribution in [2.24, 2.45) is 0 Å². The predicted molar refractivity (Wildman–Crippen MR) is 59.8 cm³/mol. The molecule has 1 aromatic carbocycles. The number of aryl methyl sites for hydroxylation is 1. The first-order valence-corrected chi connectivity index (χ1v) is 5.21. The van der Waals surface area contributed by atoms with E-state index in [2.05, 4.69) is 11.8 Å². The number of hydrogen-bond donors (Lipinski definition) is 0. The molecule has 1 aromatic rings. The summed E-state index contributed by atoms with van der Waals surface area (Å²) in [5.41, 5.74) is 0.908. The Bertz CT molecular complexity index is 320. The molecule has 4 heteroatoms. The number of likely N-dealkylation sites (N-methyl/N-ethyl adjacent to an activating group) is 1. The first-order chi connectivity index (χ1) is 7.13. The molecule has 0 aromatic heterocycles. The van der Waals surface area contributed by atoms with Crippen molar-refractivity contribution in [1.82, 2.24) is 4.90 Å². The van der Waals surface area contributed by atoms with E-state index in [1.54, 1.807) is 6.07 Å². The molecule has 0 saturated carbocycles. The third-order valence-electron chi connectivity index (χ3n) is 2.36. The van der Waals surface area contributed by atoms with Gasteiger partial charge in [0, 0.05) is 6.54 Å². The Morgan fingerprint density at radius 3 is 2.62 bits per heavy atom. The van der Waals surface area contributed by atoms with Gasteiger partial charge in [0.1, 0.15) is 6.61 Å². The number of halogens is 2. The molecule has 0 heterocycles. The van der Waals surface area contributed by atoms with E-state index in [9.17, 15) is 4.39 Å². The highest BCUT2D eigenvalue weighted by Gasteiger charge is 2.03. The summed E-state index contributed by atoms with van der Waals surface area (Å²) >= 11 is 0. The molecule has 0 aliphatic rings. The van der Waals surface area contributed by atoms with Gasteiger partial charge in [-0.25, -0.2) is 4.39 Å². The van der Waals surface area contributed by atoms with Crippen molar-refractivity contribution in [2.75, 3.05) is 26.7 Å². The van der Waals surface area contributed by atoms with E-state index in [1.807, 2.05) is 20.0 Å². The minimum atomic E-state index is -0.283. The van der Waals surface area contributed by atoms with Gasteiger partial charge in [-0.3, -0.25) is 0 Å². The van der Waals surface area contributed by atoms with Crippen LogP contribution in [0.25, 0.3) is 0 Å². The molecule has 0 radical (unpaired) electrons. The molecule has 2 nitrogen and oxygen atoms in total. The van der Waals surface area contributed by atoms with E-state index in [4.69, 9.17) is 4.74 Å². The summed E-state index contributed by atoms with van der Waals surface area (Å²) in [5.74, 6) is 0.0549. The smallest absolute Gasteiger partial charge is 0.165 e. The summed E-state index contributed by atoms with van der Waals surface area (Å²) in [5, 5.41) is 0. The van der Waals surface area contributed by atoms with Crippen molar-refractivity contribution < 1.29 is 33.1 Å². The van der Waals surface area contributed by atoms with Crippen LogP contribution in [0.3, 0.4) is 0 Å². The largest absolute Gasteiger partial charge is 1.00 e. The number of hydrogen-bond acceptors (Lipinski definition) is 2. The van der Waals surface area contributed by atoms with Crippen molar-refractivity contribution in [3.8, 4) is 5.75 Å². The fourth-order valence-corrected chi connectivity index (χ4v) is 1.19. The zero-order chi connectivity index (χ0) is 11.3. The van der Waals surface area contributed by atoms with Gasteiger partial charge < -0.3 is 33.6 Å². The first-order valence-electron chi connectivity index (χ1n) is 5.21. The average molecular weight is 338 g/mol. The summed E-state index contributed by atoms with van der Waals surface area (Å²) < 4.78 is 18.7. The Hall–Kier alpha value is -0.360. The molecular weight excluding hydrogens is 320 g/mol. The van der Waals surface area contributed by atoms with E-state index in [-0.39, 0.29) is 29.8 Å². The summed E-state index contributed by atoms with van der Waals surface area (Å²) in [6.45, 7) is 6.23. The molecule has 0 amide bonds. The van der Waals surface area contributed by atoms with Crippen LogP contribution in [0.5, 0.6) is 5.75 Å². The van der Waals surface area contributed by atoms with Gasteiger partial charge in [-0.15, -0.1) is 0 Å². The molecule has 0 N–H and O–H groups in total. The molecule has 0 atom stereocenters. The standard InChI is InChI=1S/C12H18FNO.HI/c1-4-14(3)7-8-15-12-6-5-10(2)9-11(12)13;/h5-6,9H,4,7-8H2,1-3H3;1H/p-1. The van der Waals surface area contributed by atoms with Gasteiger partial charge in [0.25, 0.3) is 0 Å². The molecule has 0 aliphatic carbocycles. The molecular formula is C12H18FINO-. The van der Waals surface area contributed by atoms with Gasteiger partial charge in [0.05, 0.1) is 0 Å². The summed E-state index contributed by atoms with van der Waals surface area (Å²) in [4.78, 5) is 2.12. The predicted octanol–water partition coefficient (Wildman–Crippen LogP) is -0.531. The lowest BCUT2D eigenvalue weighted by Crippen LogP contribution is -3.00. The maximum Gasteiger partial charge on any atom is 0.165 e. The lowest BCUT2D eigenvalue weighted by atomic mass is 10.2. The Morgan fingerprint density at radius 1 is 1.38 bits per heavy atom. The zero-order valence-electron chi connectivity index (χ0n) is 9.96. The van der Waals surface area contributed by atoms with Crippen molar-refractivity contribution in [3.63, 3.8) is 0 Å². The molecule has 0 fully saturated rings. The Balaban J connectivity index is 0.00000225. The Kier molecular flexibility index (Phi) is 7.66. The third-order valence-corrected chi connectivity index (χ3v) is 2.36. The van der Waals surface area contributed by atoms with E-state index in [1.165, 1.54) is 6.07 Å². The highest BCUT2D eigenvalue weighted by atomic mass is 127. The van der Waals surface area contributed by atoms with Crippen molar-refractivity contribution in [3.05, 3.63) is 29.6 Å². The van der Waals surface area contributed by atoms with E-state index in [0.29, 0.717) is 12.4 Å². The fraction of sp³-hybridized carbons (Fsp3) is 0.500. The number of ether oxygens (including phenoxy) is 1. The molecule has 0 bridgehead atoms. The topological polar surface area (TPSA) is 12.5 Å². The van der Waals surface area contributed by atoms with Gasteiger partial charge in [0.2, 0.25) is 0 Å². The SMILES string of the molecule is CCN(C)CCOc1ccc(C)cc1F.[I-]. The lowest BCUT2D eigenvalue weighted by molar-refractivity contribution is -0.00000425. The second-order valence-corrected chi connectivity index (χ2v) is 3.68. The van der Waals surface area contributed by atoms with Gasteiger partial charge in [0.15, 0.2) is 11.6 Å². The average Bonchev–Trinajstić information content (AvgIpc) is 2.21. The molecule has 16 heavy (non-hydrogen) atoms. The van der Waals surface area contributed by atoms with Crippen molar-refractivity contribution >= 4 is 0 Å². The quantitative estimate of drug-likeness (QED) is 0.670. The summed E-state index contributed by atoms with van der Waals surface area (Å²) in [7, 11) is 2.01. The highest BCUT2D eigenvalue weighted by Crippen LogP contribution is 2.17. The van der Waals surface area contributed by atoms with E-state index < -0.39 is 0 Å². The van der Waals surface area contributed by atoms with Crippen LogP contribution in [0.2, 0.25) is 0 Å². The van der Waals surface area contributed by atoms with Crippen LogP contribution < -0.4 is 28.7 Å². The van der Waals surface area contributed by atoms with Crippen LogP contribution in [0.15, 0.2) is 18.2 Å². The van der Waals surface area contributed by atoms with Crippen LogP contribution in [0, 0.1) is 12.7 Å². The van der Waals surface area contributed by atoms with Crippen LogP contribution in [-0.4, -0.2) is 31.6 Å². The zero-order valence-corrected chi connectivity index (χ0v) is 12.1. The minimum absolute atomic E-state index is 0. The van der Waals surface area contributed by atoms with Gasteiger partial charge in [-0.05, 0) is 38.2 Å². The maximum absolute atomic E-state index is 13.3. The van der Waals surface area contributed by atoms with Gasteiger partial charge >= 0.3 is 0 Å². The van der Waals surface area contributed by atoms with Crippen LogP contribution >= 0.6 is 0 Å². The first kappa shape index (κ1) is 15.6. The van der Waals surface area contributed by atoms with Crippen LogP contribution in [0.1, 0.15) is 12.5 Å². The Morgan fingerprint density at radius 2 is 2.06 bits per heavy atom. The number of benzene rings is 1. The highest BCUT2D eigenvalue weighted by molar-refractivity contribution is 5.28. The van der Waals surface area contributed by atoms with Crippen molar-refractivity contribution in [2.45, 2.75) is 13.8 Å². The molecule has 0 aliphatic heterocycles. The monoisotopic (exact) mass is 338 g/mol. The molecule has 0 unspecified atom stereocenters. The molecule has 92 valence electrons. The van der Waals surface area contributed by atoms with E-state index in [0.717, 1.165) is 18.7 Å². The van der Waals surface area contributed by atoms with Gasteiger partial charge in [-0.1, -0.05) is 13.0 Å². The normalized spacial score (nSPS) is 10.1. The summed E-state index contributed by atoms with van der Waals surface area (Å²) in [6, 6.07) is 5.01. The molecule has 0 saturated heterocycles. The number of rotatable bonds is 5. The second-order valence-electron chi connectivity index (χ2n) is 3.68. The fourth-order valence-electron chi connectivity index (χ4n) is 1.19. The summed E-state index contributed by atoms with van der Waals surface area (Å²) in [6.07, 6.45) is 0. The van der Waals surface area contributed by atoms with Gasteiger partial charge in [-0.2, -0.15) is 0 Å². The van der Waals surface area contributed by atoms with E-state index >= 15 is 0 Å². The molecule has 1 rings (SSSR count). The maximum atomic E-state index is 13.3. The van der Waals surface area contributed by atoms with Crippen molar-refractivity contribution in [1.29, 1.82) is 0 Å². The second kappa shape index (κ2) is 7.84. The minimum Gasteiger partial charge on any atom is -1.00 e. The lowest BCUT2D eigenvalue weighted by Gasteiger charge is -2.14. The third kappa shape index (κ3) is 5.12. The number of nitrogens with zero attached hydrogens (tertiary/aromatic N) is 1. The van der Waals surface area contributed by atoms with Crippen LogP contribution in [-0.2, 0) is 0 Å². The molecule has 0 spiro atoms.